The van der Waals surface area contributed by atoms with Gasteiger partial charge in [-0.3, -0.25) is 0 Å². The third-order valence-electron chi connectivity index (χ3n) is 6.41. The largest absolute Gasteiger partial charge is 0.463 e. The lowest BCUT2D eigenvalue weighted by atomic mass is 9.69. The van der Waals surface area contributed by atoms with E-state index < -0.39 is 8.07 Å². The summed E-state index contributed by atoms with van der Waals surface area (Å²) in [5.74, 6) is 2.65. The van der Waals surface area contributed by atoms with Gasteiger partial charge >= 0.3 is 5.97 Å². The Morgan fingerprint density at radius 2 is 2.07 bits per heavy atom. The van der Waals surface area contributed by atoms with Crippen LogP contribution in [0, 0.1) is 17.8 Å². The van der Waals surface area contributed by atoms with E-state index in [4.69, 9.17) is 15.9 Å². The average Bonchev–Trinajstić information content (AvgIpc) is 3.30. The van der Waals surface area contributed by atoms with Gasteiger partial charge < -0.3 is 9.47 Å². The summed E-state index contributed by atoms with van der Waals surface area (Å²) in [5.41, 5.74) is 3.42. The van der Waals surface area contributed by atoms with Crippen LogP contribution >= 0.6 is 0 Å². The van der Waals surface area contributed by atoms with Crippen molar-refractivity contribution in [2.45, 2.75) is 104 Å². The van der Waals surface area contributed by atoms with E-state index in [1.54, 1.807) is 0 Å². The van der Waals surface area contributed by atoms with Crippen LogP contribution in [-0.4, -0.2) is 32.4 Å². The Morgan fingerprint density at radius 3 is 2.62 bits per heavy atom. The van der Waals surface area contributed by atoms with Gasteiger partial charge in [0.1, 0.15) is 0 Å². The first-order valence-corrected chi connectivity index (χ1v) is 14.9. The second-order valence-electron chi connectivity index (χ2n) is 10.5. The summed E-state index contributed by atoms with van der Waals surface area (Å²) in [4.78, 5) is 12.7. The number of carbonyl (C=O) groups is 1. The van der Waals surface area contributed by atoms with E-state index in [0.29, 0.717) is 6.61 Å². The fourth-order valence-corrected chi connectivity index (χ4v) is 6.12. The number of carbonyl (C=O) groups excluding carboxylic acids is 1. The average molecular weight is 417 g/mol. The van der Waals surface area contributed by atoms with Gasteiger partial charge in [-0.2, -0.15) is 0 Å². The Labute approximate surface area is 179 Å². The molecule has 29 heavy (non-hydrogen) atoms. The van der Waals surface area contributed by atoms with E-state index in [-0.39, 0.29) is 23.1 Å². The predicted octanol–water partition coefficient (Wildman–Crippen LogP) is 6.28. The molecular weight excluding hydrogens is 376 g/mol. The number of epoxide rings is 1. The maximum atomic E-state index is 12.7. The molecule has 1 saturated heterocycles. The molecule has 3 nitrogen and oxygen atoms in total. The number of rotatable bonds is 9. The minimum Gasteiger partial charge on any atom is -0.463 e. The van der Waals surface area contributed by atoms with Crippen molar-refractivity contribution in [3.8, 4) is 12.3 Å². The lowest BCUT2D eigenvalue weighted by molar-refractivity contribution is -0.139. The third-order valence-corrected chi connectivity index (χ3v) is 7.82. The first-order chi connectivity index (χ1) is 13.4. The van der Waals surface area contributed by atoms with Crippen molar-refractivity contribution in [2.75, 3.05) is 6.61 Å². The van der Waals surface area contributed by atoms with Gasteiger partial charge in [-0.05, 0) is 70.8 Å². The summed E-state index contributed by atoms with van der Waals surface area (Å²) < 4.78 is 11.1. The normalized spacial score (nSPS) is 30.1. The van der Waals surface area contributed by atoms with E-state index in [1.807, 2.05) is 13.8 Å². The first-order valence-electron chi connectivity index (χ1n) is 11.1. The van der Waals surface area contributed by atoms with Gasteiger partial charge in [-0.15, -0.1) is 6.42 Å². The highest BCUT2D eigenvalue weighted by molar-refractivity contribution is 6.76. The maximum absolute atomic E-state index is 12.7. The Bertz CT molecular complexity index is 721. The maximum Gasteiger partial charge on any atom is 0.333 e. The van der Waals surface area contributed by atoms with Gasteiger partial charge in [-0.1, -0.05) is 49.7 Å². The second kappa shape index (κ2) is 9.23. The number of hydrogen-bond acceptors (Lipinski definition) is 3. The van der Waals surface area contributed by atoms with Crippen LogP contribution in [0.2, 0.25) is 25.7 Å². The summed E-state index contributed by atoms with van der Waals surface area (Å²) in [6.07, 6.45) is 14.1. The van der Waals surface area contributed by atoms with Gasteiger partial charge in [0.25, 0.3) is 0 Å². The van der Waals surface area contributed by atoms with Crippen molar-refractivity contribution in [1.29, 1.82) is 0 Å². The van der Waals surface area contributed by atoms with Crippen LogP contribution in [0.3, 0.4) is 0 Å². The summed E-state index contributed by atoms with van der Waals surface area (Å²) in [5, 5.41) is 0. The molecule has 162 valence electrons. The van der Waals surface area contributed by atoms with E-state index in [9.17, 15) is 4.79 Å². The zero-order valence-corrected chi connectivity index (χ0v) is 20.6. The summed E-state index contributed by atoms with van der Waals surface area (Å²) >= 11 is 0. The van der Waals surface area contributed by atoms with E-state index in [2.05, 4.69) is 45.5 Å². The van der Waals surface area contributed by atoms with E-state index in [0.717, 1.165) is 50.1 Å². The molecule has 1 fully saturated rings. The van der Waals surface area contributed by atoms with Crippen molar-refractivity contribution in [3.63, 3.8) is 0 Å². The fourth-order valence-electron chi connectivity index (χ4n) is 4.42. The Morgan fingerprint density at radius 1 is 1.38 bits per heavy atom. The molecule has 0 N–H and O–H groups in total. The van der Waals surface area contributed by atoms with Gasteiger partial charge in [0, 0.05) is 13.6 Å². The number of terminal acetylenes is 1. The zero-order chi connectivity index (χ0) is 21.9. The number of esters is 1. The molecule has 0 bridgehead atoms. The molecule has 1 unspecified atom stereocenters. The Kier molecular flexibility index (Phi) is 7.62. The molecule has 1 heterocycles. The van der Waals surface area contributed by atoms with Gasteiger partial charge in [0.15, 0.2) is 5.60 Å². The predicted molar refractivity (Wildman–Crippen MR) is 123 cm³/mol. The van der Waals surface area contributed by atoms with E-state index in [1.165, 1.54) is 11.1 Å². The highest BCUT2D eigenvalue weighted by Gasteiger charge is 2.50. The number of allylic oxidation sites excluding steroid dienone is 3. The molecule has 0 spiro atoms. The lowest BCUT2D eigenvalue weighted by Gasteiger charge is -2.40. The molecule has 2 aliphatic rings. The summed E-state index contributed by atoms with van der Waals surface area (Å²) in [6, 6.07) is 1.07. The molecule has 0 radical (unpaired) electrons. The van der Waals surface area contributed by atoms with Crippen molar-refractivity contribution >= 4 is 14.0 Å². The molecular formula is C25H40O3Si. The van der Waals surface area contributed by atoms with Crippen molar-refractivity contribution < 1.29 is 14.3 Å². The standard InChI is InChI=1S/C25H40O3Si/c1-9-25(5)22(28-25)14-13-19(3)15-17-24(4)16-11-12-20(23(26)27-10-2)21(24)18-29(6,7)8/h1,15,22H,10-14,16-18H2,2-8H3/b19-15+/t22?,24-,25+/m1/s1. The minimum atomic E-state index is -1.36. The first kappa shape index (κ1) is 24.0. The molecule has 1 aliphatic heterocycles. The van der Waals surface area contributed by atoms with Crippen LogP contribution in [-0.2, 0) is 14.3 Å². The SMILES string of the molecule is C#C[C@]1(C)OC1CC/C(C)=C/C[C@@]1(C)CCCC(C(=O)OCC)=C1C[Si](C)(C)C. The van der Waals surface area contributed by atoms with Gasteiger partial charge in [0.2, 0.25) is 0 Å². The van der Waals surface area contributed by atoms with Crippen LogP contribution in [0.15, 0.2) is 22.8 Å². The highest BCUT2D eigenvalue weighted by Crippen LogP contribution is 2.47. The van der Waals surface area contributed by atoms with Crippen LogP contribution in [0.25, 0.3) is 0 Å². The molecule has 0 saturated carbocycles. The van der Waals surface area contributed by atoms with E-state index >= 15 is 0 Å². The Balaban J connectivity index is 2.15. The molecule has 2 rings (SSSR count). The Hall–Kier alpha value is -1.31. The summed E-state index contributed by atoms with van der Waals surface area (Å²) in [6.45, 7) is 16.0. The monoisotopic (exact) mass is 416 g/mol. The summed E-state index contributed by atoms with van der Waals surface area (Å²) in [7, 11) is -1.36. The second-order valence-corrected chi connectivity index (χ2v) is 16.0. The van der Waals surface area contributed by atoms with Crippen molar-refractivity contribution in [2.24, 2.45) is 5.41 Å². The molecule has 0 aromatic carbocycles. The molecule has 4 heteroatoms. The third kappa shape index (κ3) is 6.33. The molecule has 1 aliphatic carbocycles. The number of hydrogen-bond donors (Lipinski definition) is 0. The van der Waals surface area contributed by atoms with Crippen LogP contribution < -0.4 is 0 Å². The minimum absolute atomic E-state index is 0.0469. The molecule has 0 aromatic rings. The smallest absolute Gasteiger partial charge is 0.333 e. The fraction of sp³-hybridized carbons (Fsp3) is 0.720. The molecule has 0 aromatic heterocycles. The van der Waals surface area contributed by atoms with Crippen LogP contribution in [0.1, 0.15) is 66.2 Å². The van der Waals surface area contributed by atoms with Crippen LogP contribution in [0.5, 0.6) is 0 Å². The van der Waals surface area contributed by atoms with Crippen molar-refractivity contribution in [1.82, 2.24) is 0 Å². The highest BCUT2D eigenvalue weighted by atomic mass is 28.3. The topological polar surface area (TPSA) is 38.8 Å². The molecule has 3 atom stereocenters. The lowest BCUT2D eigenvalue weighted by Crippen LogP contribution is -2.32. The van der Waals surface area contributed by atoms with Crippen LogP contribution in [0.4, 0.5) is 0 Å². The quantitative estimate of drug-likeness (QED) is 0.146. The number of ether oxygens (including phenoxy) is 2. The zero-order valence-electron chi connectivity index (χ0n) is 19.6. The van der Waals surface area contributed by atoms with Gasteiger partial charge in [-0.25, -0.2) is 4.79 Å². The van der Waals surface area contributed by atoms with Crippen molar-refractivity contribution in [3.05, 3.63) is 22.8 Å². The van der Waals surface area contributed by atoms with Gasteiger partial charge in [0.05, 0.1) is 12.7 Å². The molecule has 0 amide bonds.